The van der Waals surface area contributed by atoms with Gasteiger partial charge in [0.15, 0.2) is 0 Å². The van der Waals surface area contributed by atoms with Gasteiger partial charge in [-0.15, -0.1) is 0 Å². The zero-order valence-corrected chi connectivity index (χ0v) is 13.6. The van der Waals surface area contributed by atoms with Gasteiger partial charge in [-0.1, -0.05) is 24.3 Å². The van der Waals surface area contributed by atoms with Crippen LogP contribution in [0.4, 0.5) is 0 Å². The quantitative estimate of drug-likeness (QED) is 0.778. The zero-order valence-electron chi connectivity index (χ0n) is 13.6. The van der Waals surface area contributed by atoms with Crippen LogP contribution in [-0.2, 0) is 13.5 Å². The van der Waals surface area contributed by atoms with Crippen LogP contribution in [0.15, 0.2) is 48.8 Å². The normalized spacial score (nSPS) is 16.8. The smallest absolute Gasteiger partial charge is 0.251 e. The highest BCUT2D eigenvalue weighted by Crippen LogP contribution is 2.22. The van der Waals surface area contributed by atoms with Crippen molar-refractivity contribution in [2.75, 3.05) is 13.1 Å². The first-order valence-corrected chi connectivity index (χ1v) is 8.23. The SMILES string of the molecule is Cn1cnc2cc(C(=O)NCC3NCCc4ccccc43)ccc21. The lowest BCUT2D eigenvalue weighted by Gasteiger charge is -2.27. The molecular weight excluding hydrogens is 300 g/mol. The number of nitrogens with zero attached hydrogens (tertiary/aromatic N) is 2. The minimum Gasteiger partial charge on any atom is -0.350 e. The molecule has 1 unspecified atom stereocenters. The summed E-state index contributed by atoms with van der Waals surface area (Å²) in [6.07, 6.45) is 2.80. The molecule has 5 heteroatoms. The van der Waals surface area contributed by atoms with Crippen LogP contribution in [-0.4, -0.2) is 28.5 Å². The molecule has 0 radical (unpaired) electrons. The van der Waals surface area contributed by atoms with Crippen molar-refractivity contribution in [2.24, 2.45) is 7.05 Å². The number of benzene rings is 2. The van der Waals surface area contributed by atoms with E-state index in [4.69, 9.17) is 0 Å². The largest absolute Gasteiger partial charge is 0.350 e. The maximum absolute atomic E-state index is 12.5. The van der Waals surface area contributed by atoms with Crippen molar-refractivity contribution < 1.29 is 4.79 Å². The fraction of sp³-hybridized carbons (Fsp3) is 0.263. The third-order valence-electron chi connectivity index (χ3n) is 4.67. The van der Waals surface area contributed by atoms with Gasteiger partial charge in [0, 0.05) is 25.2 Å². The molecule has 0 spiro atoms. The predicted molar refractivity (Wildman–Crippen MR) is 93.9 cm³/mol. The molecule has 1 amide bonds. The maximum atomic E-state index is 12.5. The average Bonchev–Trinajstić information content (AvgIpc) is 3.00. The highest BCUT2D eigenvalue weighted by Gasteiger charge is 2.20. The minimum absolute atomic E-state index is 0.0626. The number of hydrogen-bond acceptors (Lipinski definition) is 3. The Morgan fingerprint density at radius 3 is 3.12 bits per heavy atom. The van der Waals surface area contributed by atoms with Gasteiger partial charge in [-0.05, 0) is 42.3 Å². The molecule has 1 aliphatic heterocycles. The first-order chi connectivity index (χ1) is 11.7. The molecule has 5 nitrogen and oxygen atoms in total. The van der Waals surface area contributed by atoms with Crippen molar-refractivity contribution in [1.82, 2.24) is 20.2 Å². The lowest BCUT2D eigenvalue weighted by atomic mass is 9.94. The lowest BCUT2D eigenvalue weighted by molar-refractivity contribution is 0.0949. The van der Waals surface area contributed by atoms with Crippen LogP contribution in [0, 0.1) is 0 Å². The molecule has 24 heavy (non-hydrogen) atoms. The molecule has 0 saturated heterocycles. The summed E-state index contributed by atoms with van der Waals surface area (Å²) < 4.78 is 1.94. The van der Waals surface area contributed by atoms with Gasteiger partial charge in [0.25, 0.3) is 5.91 Å². The maximum Gasteiger partial charge on any atom is 0.251 e. The van der Waals surface area contributed by atoms with E-state index in [1.165, 1.54) is 11.1 Å². The van der Waals surface area contributed by atoms with E-state index in [9.17, 15) is 4.79 Å². The molecular formula is C19H20N4O. The number of carbonyl (C=O) groups excluding carboxylic acids is 1. The predicted octanol–water partition coefficient (Wildman–Crippen LogP) is 2.19. The van der Waals surface area contributed by atoms with Crippen molar-refractivity contribution in [3.8, 4) is 0 Å². The molecule has 2 heterocycles. The van der Waals surface area contributed by atoms with E-state index in [2.05, 4.69) is 39.9 Å². The Morgan fingerprint density at radius 2 is 2.21 bits per heavy atom. The molecule has 122 valence electrons. The number of hydrogen-bond donors (Lipinski definition) is 2. The second-order valence-corrected chi connectivity index (χ2v) is 6.22. The Bertz CT molecular complexity index is 899. The monoisotopic (exact) mass is 320 g/mol. The molecule has 0 bridgehead atoms. The van der Waals surface area contributed by atoms with E-state index in [-0.39, 0.29) is 11.9 Å². The van der Waals surface area contributed by atoms with Crippen LogP contribution < -0.4 is 10.6 Å². The summed E-state index contributed by atoms with van der Waals surface area (Å²) in [5, 5.41) is 6.53. The average molecular weight is 320 g/mol. The molecule has 0 aliphatic carbocycles. The van der Waals surface area contributed by atoms with E-state index in [0.717, 1.165) is 24.0 Å². The van der Waals surface area contributed by atoms with Crippen molar-refractivity contribution in [3.63, 3.8) is 0 Å². The Balaban J connectivity index is 1.48. The third kappa shape index (κ3) is 2.67. The molecule has 1 aliphatic rings. The van der Waals surface area contributed by atoms with Gasteiger partial charge in [0.1, 0.15) is 0 Å². The Hall–Kier alpha value is -2.66. The minimum atomic E-state index is -0.0626. The molecule has 1 atom stereocenters. The highest BCUT2D eigenvalue weighted by molar-refractivity contribution is 5.97. The summed E-state index contributed by atoms with van der Waals surface area (Å²) in [6, 6.07) is 14.2. The van der Waals surface area contributed by atoms with Gasteiger partial charge in [0.2, 0.25) is 0 Å². The van der Waals surface area contributed by atoms with Gasteiger partial charge in [-0.25, -0.2) is 4.98 Å². The first-order valence-electron chi connectivity index (χ1n) is 8.23. The molecule has 1 aromatic heterocycles. The molecule has 3 aromatic rings. The van der Waals surface area contributed by atoms with Crippen molar-refractivity contribution >= 4 is 16.9 Å². The van der Waals surface area contributed by atoms with Gasteiger partial charge >= 0.3 is 0 Å². The number of fused-ring (bicyclic) bond motifs is 2. The summed E-state index contributed by atoms with van der Waals surface area (Å²) in [6.45, 7) is 1.52. The summed E-state index contributed by atoms with van der Waals surface area (Å²) in [5.74, 6) is -0.0626. The molecule has 0 fully saturated rings. The number of imidazole rings is 1. The van der Waals surface area contributed by atoms with Crippen molar-refractivity contribution in [1.29, 1.82) is 0 Å². The van der Waals surface area contributed by atoms with E-state index < -0.39 is 0 Å². The standard InChI is InChI=1S/C19H20N4O/c1-23-12-22-16-10-14(6-7-18(16)23)19(24)21-11-17-15-5-3-2-4-13(15)8-9-20-17/h2-7,10,12,17,20H,8-9,11H2,1H3,(H,21,24). The third-order valence-corrected chi connectivity index (χ3v) is 4.67. The van der Waals surface area contributed by atoms with Crippen molar-refractivity contribution in [2.45, 2.75) is 12.5 Å². The van der Waals surface area contributed by atoms with Crippen molar-refractivity contribution in [3.05, 3.63) is 65.5 Å². The fourth-order valence-corrected chi connectivity index (χ4v) is 3.35. The van der Waals surface area contributed by atoms with E-state index in [1.54, 1.807) is 6.33 Å². The van der Waals surface area contributed by atoms with E-state index in [1.807, 2.05) is 29.8 Å². The summed E-state index contributed by atoms with van der Waals surface area (Å²) in [5.41, 5.74) is 5.15. The van der Waals surface area contributed by atoms with Crippen LogP contribution in [0.1, 0.15) is 27.5 Å². The van der Waals surface area contributed by atoms with Crippen LogP contribution >= 0.6 is 0 Å². The van der Waals surface area contributed by atoms with Crippen LogP contribution in [0.5, 0.6) is 0 Å². The lowest BCUT2D eigenvalue weighted by Crippen LogP contribution is -2.38. The van der Waals surface area contributed by atoms with E-state index >= 15 is 0 Å². The number of carbonyl (C=O) groups is 1. The number of nitrogens with one attached hydrogen (secondary N) is 2. The Labute approximate surface area is 140 Å². The zero-order chi connectivity index (χ0) is 16.5. The highest BCUT2D eigenvalue weighted by atomic mass is 16.1. The van der Waals surface area contributed by atoms with Gasteiger partial charge in [0.05, 0.1) is 17.4 Å². The molecule has 2 N–H and O–H groups in total. The number of rotatable bonds is 3. The van der Waals surface area contributed by atoms with Gasteiger partial charge < -0.3 is 15.2 Å². The van der Waals surface area contributed by atoms with E-state index in [0.29, 0.717) is 12.1 Å². The number of aromatic nitrogens is 2. The van der Waals surface area contributed by atoms with Crippen LogP contribution in [0.3, 0.4) is 0 Å². The number of amides is 1. The van der Waals surface area contributed by atoms with Gasteiger partial charge in [-0.2, -0.15) is 0 Å². The molecule has 2 aromatic carbocycles. The fourth-order valence-electron chi connectivity index (χ4n) is 3.35. The molecule has 0 saturated carbocycles. The summed E-state index contributed by atoms with van der Waals surface area (Å²) in [7, 11) is 1.95. The topological polar surface area (TPSA) is 59.0 Å². The van der Waals surface area contributed by atoms with Crippen LogP contribution in [0.2, 0.25) is 0 Å². The number of aryl methyl sites for hydroxylation is 1. The first kappa shape index (κ1) is 14.9. The summed E-state index contributed by atoms with van der Waals surface area (Å²) in [4.78, 5) is 16.8. The Morgan fingerprint density at radius 1 is 1.33 bits per heavy atom. The second kappa shape index (κ2) is 6.09. The molecule has 4 rings (SSSR count). The van der Waals surface area contributed by atoms with Crippen LogP contribution in [0.25, 0.3) is 11.0 Å². The summed E-state index contributed by atoms with van der Waals surface area (Å²) >= 11 is 0. The Kier molecular flexibility index (Phi) is 3.78. The second-order valence-electron chi connectivity index (χ2n) is 6.22. The van der Waals surface area contributed by atoms with Gasteiger partial charge in [-0.3, -0.25) is 4.79 Å².